The molecular formula is C15H27N3S. The van der Waals surface area contributed by atoms with Gasteiger partial charge in [-0.2, -0.15) is 0 Å². The summed E-state index contributed by atoms with van der Waals surface area (Å²) in [6.07, 6.45) is 2.73. The molecule has 2 rings (SSSR count). The van der Waals surface area contributed by atoms with E-state index in [-0.39, 0.29) is 0 Å². The first-order valence-corrected chi connectivity index (χ1v) is 8.25. The fourth-order valence-electron chi connectivity index (χ4n) is 2.75. The highest BCUT2D eigenvalue weighted by molar-refractivity contribution is 7.09. The van der Waals surface area contributed by atoms with Gasteiger partial charge in [0.1, 0.15) is 0 Å². The fourth-order valence-corrected chi connectivity index (χ4v) is 3.59. The van der Waals surface area contributed by atoms with Gasteiger partial charge in [-0.05, 0) is 51.7 Å². The highest BCUT2D eigenvalue weighted by Crippen LogP contribution is 2.32. The fraction of sp³-hybridized carbons (Fsp3) is 0.800. The second-order valence-corrected chi connectivity index (χ2v) is 7.17. The SMILES string of the molecule is Cc1ncsc1CN(C)C1CCC1CNCC(C)C. The Morgan fingerprint density at radius 3 is 2.79 bits per heavy atom. The molecule has 19 heavy (non-hydrogen) atoms. The van der Waals surface area contributed by atoms with E-state index in [0.29, 0.717) is 0 Å². The molecule has 1 aliphatic carbocycles. The van der Waals surface area contributed by atoms with Crippen LogP contribution in [0.3, 0.4) is 0 Å². The Morgan fingerprint density at radius 1 is 1.47 bits per heavy atom. The van der Waals surface area contributed by atoms with Crippen LogP contribution in [0.4, 0.5) is 0 Å². The third-order valence-electron chi connectivity index (χ3n) is 4.14. The van der Waals surface area contributed by atoms with E-state index in [4.69, 9.17) is 0 Å². The standard InChI is InChI=1S/C15H27N3S/c1-11(2)7-16-8-13-5-6-14(13)18(4)9-15-12(3)17-10-19-15/h10-11,13-14,16H,5-9H2,1-4H3. The third-order valence-corrected chi connectivity index (χ3v) is 5.06. The normalized spacial score (nSPS) is 23.1. The van der Waals surface area contributed by atoms with Crippen LogP contribution in [0.1, 0.15) is 37.3 Å². The van der Waals surface area contributed by atoms with Crippen LogP contribution in [0.5, 0.6) is 0 Å². The second-order valence-electron chi connectivity index (χ2n) is 6.23. The Labute approximate surface area is 121 Å². The molecule has 0 radical (unpaired) electrons. The van der Waals surface area contributed by atoms with E-state index in [9.17, 15) is 0 Å². The van der Waals surface area contributed by atoms with Crippen LogP contribution in [-0.2, 0) is 6.54 Å². The zero-order valence-electron chi connectivity index (χ0n) is 12.6. The second kappa shape index (κ2) is 6.82. The van der Waals surface area contributed by atoms with Gasteiger partial charge in [-0.25, -0.2) is 4.98 Å². The van der Waals surface area contributed by atoms with Crippen LogP contribution in [0, 0.1) is 18.8 Å². The van der Waals surface area contributed by atoms with Gasteiger partial charge in [0.15, 0.2) is 0 Å². The monoisotopic (exact) mass is 281 g/mol. The lowest BCUT2D eigenvalue weighted by molar-refractivity contribution is 0.0782. The minimum absolute atomic E-state index is 0.746. The average molecular weight is 281 g/mol. The van der Waals surface area contributed by atoms with Crippen molar-refractivity contribution in [1.29, 1.82) is 0 Å². The maximum absolute atomic E-state index is 4.34. The molecule has 2 atom stereocenters. The third kappa shape index (κ3) is 4.01. The molecule has 0 aliphatic heterocycles. The molecule has 0 aromatic carbocycles. The molecule has 1 aromatic rings. The van der Waals surface area contributed by atoms with Crippen LogP contribution < -0.4 is 5.32 Å². The van der Waals surface area contributed by atoms with Crippen molar-refractivity contribution in [1.82, 2.24) is 15.2 Å². The van der Waals surface area contributed by atoms with Crippen molar-refractivity contribution in [2.24, 2.45) is 11.8 Å². The molecule has 0 spiro atoms. The van der Waals surface area contributed by atoms with Crippen molar-refractivity contribution in [2.45, 2.75) is 46.2 Å². The molecule has 1 heterocycles. The van der Waals surface area contributed by atoms with Gasteiger partial charge in [-0.1, -0.05) is 13.8 Å². The van der Waals surface area contributed by atoms with Gasteiger partial charge >= 0.3 is 0 Å². The van der Waals surface area contributed by atoms with Crippen molar-refractivity contribution in [2.75, 3.05) is 20.1 Å². The zero-order valence-corrected chi connectivity index (χ0v) is 13.5. The van der Waals surface area contributed by atoms with Crippen LogP contribution in [0.25, 0.3) is 0 Å². The maximum atomic E-state index is 4.34. The summed E-state index contributed by atoms with van der Waals surface area (Å²) in [6, 6.07) is 0.751. The van der Waals surface area contributed by atoms with Crippen LogP contribution in [-0.4, -0.2) is 36.1 Å². The number of thiazole rings is 1. The number of aromatic nitrogens is 1. The van der Waals surface area contributed by atoms with E-state index in [1.807, 2.05) is 5.51 Å². The van der Waals surface area contributed by atoms with E-state index in [1.54, 1.807) is 11.3 Å². The van der Waals surface area contributed by atoms with Gasteiger partial charge in [0, 0.05) is 17.5 Å². The number of nitrogens with one attached hydrogen (secondary N) is 1. The summed E-state index contributed by atoms with van der Waals surface area (Å²) in [5.41, 5.74) is 3.16. The smallest absolute Gasteiger partial charge is 0.0798 e. The van der Waals surface area contributed by atoms with Gasteiger partial charge in [0.25, 0.3) is 0 Å². The summed E-state index contributed by atoms with van der Waals surface area (Å²) in [5.74, 6) is 1.58. The first-order chi connectivity index (χ1) is 9.08. The van der Waals surface area contributed by atoms with E-state index in [1.165, 1.54) is 30.0 Å². The Kier molecular flexibility index (Phi) is 5.37. The average Bonchev–Trinajstić information content (AvgIpc) is 2.68. The molecule has 3 nitrogen and oxygen atoms in total. The van der Waals surface area contributed by atoms with Crippen molar-refractivity contribution in [3.8, 4) is 0 Å². The topological polar surface area (TPSA) is 28.2 Å². The summed E-state index contributed by atoms with van der Waals surface area (Å²) in [5, 5.41) is 3.61. The summed E-state index contributed by atoms with van der Waals surface area (Å²) >= 11 is 1.78. The molecule has 1 N–H and O–H groups in total. The number of hydrogen-bond acceptors (Lipinski definition) is 4. The van der Waals surface area contributed by atoms with E-state index < -0.39 is 0 Å². The molecule has 1 aromatic heterocycles. The molecule has 4 heteroatoms. The lowest BCUT2D eigenvalue weighted by atomic mass is 9.78. The van der Waals surface area contributed by atoms with Gasteiger partial charge < -0.3 is 5.32 Å². The Hall–Kier alpha value is -0.450. The number of hydrogen-bond donors (Lipinski definition) is 1. The predicted octanol–water partition coefficient (Wildman–Crippen LogP) is 2.91. The first kappa shape index (κ1) is 14.9. The van der Waals surface area contributed by atoms with E-state index in [2.05, 4.69) is 43.0 Å². The molecule has 0 bridgehead atoms. The molecule has 1 fully saturated rings. The largest absolute Gasteiger partial charge is 0.316 e. The van der Waals surface area contributed by atoms with E-state index >= 15 is 0 Å². The molecular weight excluding hydrogens is 254 g/mol. The molecule has 0 saturated heterocycles. The van der Waals surface area contributed by atoms with E-state index in [0.717, 1.165) is 31.0 Å². The first-order valence-electron chi connectivity index (χ1n) is 7.37. The lowest BCUT2D eigenvalue weighted by Gasteiger charge is -2.43. The van der Waals surface area contributed by atoms with Crippen molar-refractivity contribution in [3.05, 3.63) is 16.1 Å². The van der Waals surface area contributed by atoms with Gasteiger partial charge in [-0.3, -0.25) is 4.90 Å². The van der Waals surface area contributed by atoms with Gasteiger partial charge in [-0.15, -0.1) is 11.3 Å². The Morgan fingerprint density at radius 2 is 2.26 bits per heavy atom. The molecule has 0 amide bonds. The Bertz CT molecular complexity index is 388. The highest BCUT2D eigenvalue weighted by Gasteiger charge is 2.33. The minimum atomic E-state index is 0.746. The molecule has 108 valence electrons. The summed E-state index contributed by atoms with van der Waals surface area (Å²) in [4.78, 5) is 8.28. The summed E-state index contributed by atoms with van der Waals surface area (Å²) in [6.45, 7) is 10.0. The van der Waals surface area contributed by atoms with Crippen molar-refractivity contribution in [3.63, 3.8) is 0 Å². The molecule has 1 saturated carbocycles. The molecule has 2 unspecified atom stereocenters. The molecule has 1 aliphatic rings. The summed E-state index contributed by atoms with van der Waals surface area (Å²) in [7, 11) is 2.26. The minimum Gasteiger partial charge on any atom is -0.316 e. The highest BCUT2D eigenvalue weighted by atomic mass is 32.1. The van der Waals surface area contributed by atoms with Gasteiger partial charge in [0.2, 0.25) is 0 Å². The lowest BCUT2D eigenvalue weighted by Crippen LogP contribution is -2.48. The number of rotatable bonds is 7. The van der Waals surface area contributed by atoms with Gasteiger partial charge in [0.05, 0.1) is 11.2 Å². The number of nitrogens with zero attached hydrogens (tertiary/aromatic N) is 2. The quantitative estimate of drug-likeness (QED) is 0.833. The summed E-state index contributed by atoms with van der Waals surface area (Å²) < 4.78 is 0. The zero-order chi connectivity index (χ0) is 13.8. The Balaban J connectivity index is 1.76. The predicted molar refractivity (Wildman–Crippen MR) is 82.5 cm³/mol. The number of aryl methyl sites for hydroxylation is 1. The van der Waals surface area contributed by atoms with Crippen molar-refractivity contribution < 1.29 is 0 Å². The van der Waals surface area contributed by atoms with Crippen LogP contribution in [0.15, 0.2) is 5.51 Å². The van der Waals surface area contributed by atoms with Crippen LogP contribution >= 0.6 is 11.3 Å². The maximum Gasteiger partial charge on any atom is 0.0798 e. The van der Waals surface area contributed by atoms with Crippen LogP contribution in [0.2, 0.25) is 0 Å². The van der Waals surface area contributed by atoms with Crippen molar-refractivity contribution >= 4 is 11.3 Å².